The number of hydrogen-bond donors (Lipinski definition) is 2. The molecule has 0 saturated heterocycles. The van der Waals surface area contributed by atoms with Crippen molar-refractivity contribution in [2.24, 2.45) is 0 Å². The van der Waals surface area contributed by atoms with Crippen LogP contribution in [0.3, 0.4) is 0 Å². The zero-order chi connectivity index (χ0) is 13.2. The Morgan fingerprint density at radius 3 is 2.78 bits per heavy atom. The molecule has 1 aliphatic rings. The van der Waals surface area contributed by atoms with Crippen molar-refractivity contribution in [3.63, 3.8) is 0 Å². The molecule has 2 N–H and O–H groups in total. The first kappa shape index (κ1) is 13.5. The maximum Gasteiger partial charge on any atom is 0.274 e. The van der Waals surface area contributed by atoms with Crippen LogP contribution in [0.5, 0.6) is 0 Å². The maximum absolute atomic E-state index is 11.9. The molecule has 0 bridgehead atoms. The van der Waals surface area contributed by atoms with E-state index in [1.807, 2.05) is 6.92 Å². The van der Waals surface area contributed by atoms with E-state index in [0.29, 0.717) is 19.4 Å². The second kappa shape index (κ2) is 5.40. The average molecular weight is 275 g/mol. The Morgan fingerprint density at radius 1 is 1.50 bits per heavy atom. The number of furan rings is 1. The molecule has 1 aliphatic carbocycles. The number of hydrogen-bond acceptors (Lipinski definition) is 5. The molecule has 1 heterocycles. The van der Waals surface area contributed by atoms with Crippen molar-refractivity contribution in [1.82, 2.24) is 4.72 Å². The van der Waals surface area contributed by atoms with Gasteiger partial charge in [0.15, 0.2) is 0 Å². The largest absolute Gasteiger partial charge is 0.446 e. The van der Waals surface area contributed by atoms with Gasteiger partial charge in [-0.3, -0.25) is 0 Å². The molecule has 18 heavy (non-hydrogen) atoms. The van der Waals surface area contributed by atoms with Crippen molar-refractivity contribution in [1.29, 1.82) is 0 Å². The van der Waals surface area contributed by atoms with Crippen LogP contribution in [-0.4, -0.2) is 32.3 Å². The topological polar surface area (TPSA) is 88.8 Å². The fourth-order valence-corrected chi connectivity index (χ4v) is 3.11. The molecule has 0 atom stereocenters. The summed E-state index contributed by atoms with van der Waals surface area (Å²) in [6.07, 6.45) is 1.51. The molecule has 7 heteroatoms. The normalized spacial score (nSPS) is 23.9. The van der Waals surface area contributed by atoms with Crippen molar-refractivity contribution in [2.75, 3.05) is 6.61 Å². The summed E-state index contributed by atoms with van der Waals surface area (Å²) in [6, 6.07) is 2.68. The number of ether oxygens (including phenoxy) is 1. The second-order valence-electron chi connectivity index (χ2n) is 4.25. The Hall–Kier alpha value is -0.890. The van der Waals surface area contributed by atoms with Crippen molar-refractivity contribution < 1.29 is 22.7 Å². The van der Waals surface area contributed by atoms with Gasteiger partial charge in [0.25, 0.3) is 10.0 Å². The highest BCUT2D eigenvalue weighted by Gasteiger charge is 2.34. The lowest BCUT2D eigenvalue weighted by Gasteiger charge is -2.34. The highest BCUT2D eigenvalue weighted by atomic mass is 32.2. The quantitative estimate of drug-likeness (QED) is 0.794. The first-order valence-corrected chi connectivity index (χ1v) is 7.37. The summed E-state index contributed by atoms with van der Waals surface area (Å²) in [4.78, 5) is 0. The summed E-state index contributed by atoms with van der Waals surface area (Å²) >= 11 is 0. The molecule has 1 fully saturated rings. The molecule has 1 saturated carbocycles. The van der Waals surface area contributed by atoms with E-state index >= 15 is 0 Å². The minimum Gasteiger partial charge on any atom is -0.446 e. The molecular weight excluding hydrogens is 258 g/mol. The molecule has 0 aromatic carbocycles. The van der Waals surface area contributed by atoms with Gasteiger partial charge in [-0.2, -0.15) is 0 Å². The van der Waals surface area contributed by atoms with Gasteiger partial charge in [-0.15, -0.1) is 0 Å². The minimum absolute atomic E-state index is 0.103. The van der Waals surface area contributed by atoms with Gasteiger partial charge in [0.05, 0.1) is 6.10 Å². The summed E-state index contributed by atoms with van der Waals surface area (Å²) in [5, 5.41) is 8.66. The zero-order valence-electron chi connectivity index (χ0n) is 10.1. The van der Waals surface area contributed by atoms with Crippen LogP contribution in [-0.2, 0) is 21.4 Å². The predicted octanol–water partition coefficient (Wildman–Crippen LogP) is 0.618. The number of rotatable bonds is 6. The predicted molar refractivity (Wildman–Crippen MR) is 63.4 cm³/mol. The van der Waals surface area contributed by atoms with Crippen LogP contribution >= 0.6 is 0 Å². The third-order valence-corrected chi connectivity index (χ3v) is 4.27. The van der Waals surface area contributed by atoms with E-state index in [-0.39, 0.29) is 29.6 Å². The summed E-state index contributed by atoms with van der Waals surface area (Å²) in [7, 11) is -3.63. The Bertz CT molecular complexity index is 489. The van der Waals surface area contributed by atoms with E-state index < -0.39 is 10.0 Å². The van der Waals surface area contributed by atoms with Crippen LogP contribution in [0.2, 0.25) is 0 Å². The fraction of sp³-hybridized carbons (Fsp3) is 0.636. The van der Waals surface area contributed by atoms with E-state index in [1.54, 1.807) is 0 Å². The van der Waals surface area contributed by atoms with Gasteiger partial charge < -0.3 is 14.3 Å². The maximum atomic E-state index is 11.9. The van der Waals surface area contributed by atoms with Gasteiger partial charge in [-0.1, -0.05) is 0 Å². The Morgan fingerprint density at radius 2 is 2.22 bits per heavy atom. The lowest BCUT2D eigenvalue weighted by molar-refractivity contribution is -0.00483. The van der Waals surface area contributed by atoms with E-state index in [9.17, 15) is 8.42 Å². The first-order valence-electron chi connectivity index (χ1n) is 5.88. The molecule has 1 aromatic heterocycles. The molecular formula is C11H17NO5S. The summed E-state index contributed by atoms with van der Waals surface area (Å²) < 4.78 is 36.7. The van der Waals surface area contributed by atoms with E-state index in [4.69, 9.17) is 14.3 Å². The summed E-state index contributed by atoms with van der Waals surface area (Å²) in [6.45, 7) is 2.24. The van der Waals surface area contributed by atoms with Gasteiger partial charge in [0.2, 0.25) is 5.09 Å². The standard InChI is InChI=1S/C11H17NO5S/c1-2-16-10-5-8(6-10)12-18(14,15)11-4-3-9(7-13)17-11/h3-4,8,10,12-13H,2,5-7H2,1H3. The van der Waals surface area contributed by atoms with Crippen LogP contribution in [0.4, 0.5) is 0 Å². The van der Waals surface area contributed by atoms with Crippen molar-refractivity contribution >= 4 is 10.0 Å². The lowest BCUT2D eigenvalue weighted by atomic mass is 9.90. The minimum atomic E-state index is -3.63. The summed E-state index contributed by atoms with van der Waals surface area (Å²) in [5.41, 5.74) is 0. The fourth-order valence-electron chi connectivity index (χ4n) is 1.90. The molecule has 2 rings (SSSR count). The number of aliphatic hydroxyl groups is 1. The molecule has 0 radical (unpaired) electrons. The zero-order valence-corrected chi connectivity index (χ0v) is 10.9. The van der Waals surface area contributed by atoms with Crippen LogP contribution in [0.1, 0.15) is 25.5 Å². The van der Waals surface area contributed by atoms with E-state index in [0.717, 1.165) is 0 Å². The molecule has 0 aliphatic heterocycles. The molecule has 0 unspecified atom stereocenters. The highest BCUT2D eigenvalue weighted by molar-refractivity contribution is 7.89. The number of aliphatic hydroxyl groups excluding tert-OH is 1. The van der Waals surface area contributed by atoms with Crippen LogP contribution in [0, 0.1) is 0 Å². The van der Waals surface area contributed by atoms with E-state index in [2.05, 4.69) is 4.72 Å². The monoisotopic (exact) mass is 275 g/mol. The van der Waals surface area contributed by atoms with Gasteiger partial charge in [0, 0.05) is 12.6 Å². The third-order valence-electron chi connectivity index (χ3n) is 2.88. The van der Waals surface area contributed by atoms with E-state index in [1.165, 1.54) is 12.1 Å². The molecule has 6 nitrogen and oxygen atoms in total. The van der Waals surface area contributed by atoms with Crippen LogP contribution in [0.25, 0.3) is 0 Å². The Kier molecular flexibility index (Phi) is 4.06. The molecule has 0 amide bonds. The van der Waals surface area contributed by atoms with Gasteiger partial charge in [-0.25, -0.2) is 13.1 Å². The van der Waals surface area contributed by atoms with Crippen molar-refractivity contribution in [3.05, 3.63) is 17.9 Å². The molecule has 0 spiro atoms. The summed E-state index contributed by atoms with van der Waals surface area (Å²) in [5.74, 6) is 0.233. The average Bonchev–Trinajstić information content (AvgIpc) is 2.75. The lowest BCUT2D eigenvalue weighted by Crippen LogP contribution is -2.47. The molecule has 102 valence electrons. The van der Waals surface area contributed by atoms with Gasteiger partial charge in [0.1, 0.15) is 12.4 Å². The van der Waals surface area contributed by atoms with Crippen LogP contribution < -0.4 is 4.72 Å². The highest BCUT2D eigenvalue weighted by Crippen LogP contribution is 2.25. The number of nitrogens with one attached hydrogen (secondary N) is 1. The van der Waals surface area contributed by atoms with Crippen molar-refractivity contribution in [2.45, 2.75) is 43.6 Å². The van der Waals surface area contributed by atoms with Crippen molar-refractivity contribution in [3.8, 4) is 0 Å². The number of sulfonamides is 1. The second-order valence-corrected chi connectivity index (χ2v) is 5.89. The van der Waals surface area contributed by atoms with Gasteiger partial charge in [-0.05, 0) is 31.9 Å². The van der Waals surface area contributed by atoms with Gasteiger partial charge >= 0.3 is 0 Å². The third kappa shape index (κ3) is 2.92. The van der Waals surface area contributed by atoms with Crippen LogP contribution in [0.15, 0.2) is 21.6 Å². The Labute approximate surface area is 106 Å². The first-order chi connectivity index (χ1) is 8.55. The Balaban J connectivity index is 1.92. The SMILES string of the molecule is CCOC1CC(NS(=O)(=O)c2ccc(CO)o2)C1. The molecule has 1 aromatic rings. The smallest absolute Gasteiger partial charge is 0.274 e.